The van der Waals surface area contributed by atoms with E-state index in [2.05, 4.69) is 35.5 Å². The van der Waals surface area contributed by atoms with Gasteiger partial charge in [-0.3, -0.25) is 0 Å². The second-order valence-corrected chi connectivity index (χ2v) is 4.53. The molecule has 0 fully saturated rings. The fourth-order valence-electron chi connectivity index (χ4n) is 1.64. The van der Waals surface area contributed by atoms with Crippen molar-refractivity contribution >= 4 is 17.6 Å². The molecule has 2 nitrogen and oxygen atoms in total. The summed E-state index contributed by atoms with van der Waals surface area (Å²) in [5, 5.41) is 0. The molecule has 2 N–H and O–H groups in total. The molecule has 0 aliphatic heterocycles. The molecule has 0 atom stereocenters. The first-order valence-electron chi connectivity index (χ1n) is 6.07. The molecule has 0 radical (unpaired) electrons. The number of pyridine rings is 1. The van der Waals surface area contributed by atoms with Crippen LogP contribution in [0.15, 0.2) is 41.3 Å². The lowest BCUT2D eigenvalue weighted by Crippen LogP contribution is -1.93. The van der Waals surface area contributed by atoms with E-state index in [-0.39, 0.29) is 0 Å². The van der Waals surface area contributed by atoms with Crippen molar-refractivity contribution in [1.29, 1.82) is 0 Å². The van der Waals surface area contributed by atoms with E-state index in [1.54, 1.807) is 11.8 Å². The Bertz CT molecular complexity index is 472. The Morgan fingerprint density at radius 3 is 2.11 bits per heavy atom. The average molecular weight is 260 g/mol. The molecule has 3 heteroatoms. The molecular formula is C15H20N2S. The van der Waals surface area contributed by atoms with Crippen molar-refractivity contribution in [2.75, 3.05) is 12.0 Å². The lowest BCUT2D eigenvalue weighted by atomic mass is 10.1. The van der Waals surface area contributed by atoms with E-state index in [1.807, 2.05) is 32.9 Å². The van der Waals surface area contributed by atoms with Crippen molar-refractivity contribution in [3.8, 4) is 11.1 Å². The second-order valence-electron chi connectivity index (χ2n) is 3.65. The van der Waals surface area contributed by atoms with Gasteiger partial charge in [0, 0.05) is 10.6 Å². The van der Waals surface area contributed by atoms with Crippen molar-refractivity contribution in [2.45, 2.75) is 25.7 Å². The molecule has 0 saturated carbocycles. The fourth-order valence-corrected chi connectivity index (χ4v) is 2.05. The maximum atomic E-state index is 5.74. The number of nitrogens with two attached hydrogens (primary N) is 1. The van der Waals surface area contributed by atoms with E-state index in [9.17, 15) is 0 Å². The highest BCUT2D eigenvalue weighted by Crippen LogP contribution is 2.24. The number of nitrogen functional groups attached to an aromatic ring is 1. The van der Waals surface area contributed by atoms with E-state index >= 15 is 0 Å². The van der Waals surface area contributed by atoms with Gasteiger partial charge in [0.2, 0.25) is 0 Å². The largest absolute Gasteiger partial charge is 0.384 e. The van der Waals surface area contributed by atoms with E-state index in [1.165, 1.54) is 10.5 Å². The fraction of sp³-hybridized carbons (Fsp3) is 0.267. The van der Waals surface area contributed by atoms with Crippen LogP contribution < -0.4 is 5.73 Å². The third kappa shape index (κ3) is 3.77. The highest BCUT2D eigenvalue weighted by Gasteiger charge is 2.00. The van der Waals surface area contributed by atoms with Gasteiger partial charge >= 0.3 is 0 Å². The molecule has 0 spiro atoms. The summed E-state index contributed by atoms with van der Waals surface area (Å²) in [5.74, 6) is 0.573. The van der Waals surface area contributed by atoms with Crippen molar-refractivity contribution in [2.24, 2.45) is 0 Å². The smallest absolute Gasteiger partial charge is 0.124 e. The van der Waals surface area contributed by atoms with Crippen LogP contribution in [0.25, 0.3) is 11.1 Å². The molecule has 0 saturated heterocycles. The summed E-state index contributed by atoms with van der Waals surface area (Å²) < 4.78 is 0. The minimum Gasteiger partial charge on any atom is -0.384 e. The minimum absolute atomic E-state index is 0.573. The highest BCUT2D eigenvalue weighted by atomic mass is 32.2. The summed E-state index contributed by atoms with van der Waals surface area (Å²) in [7, 11) is 0. The average Bonchev–Trinajstić information content (AvgIpc) is 2.40. The highest BCUT2D eigenvalue weighted by molar-refractivity contribution is 7.98. The Hall–Kier alpha value is -1.48. The number of benzene rings is 1. The molecule has 0 aliphatic carbocycles. The van der Waals surface area contributed by atoms with Gasteiger partial charge in [0.05, 0.1) is 0 Å². The zero-order valence-electron chi connectivity index (χ0n) is 11.4. The van der Waals surface area contributed by atoms with Crippen LogP contribution in [0.3, 0.4) is 0 Å². The number of anilines is 1. The van der Waals surface area contributed by atoms with Crippen molar-refractivity contribution in [3.63, 3.8) is 0 Å². The number of nitrogens with zero attached hydrogens (tertiary/aromatic N) is 1. The van der Waals surface area contributed by atoms with Gasteiger partial charge in [-0.2, -0.15) is 0 Å². The Labute approximate surface area is 114 Å². The van der Waals surface area contributed by atoms with E-state index in [4.69, 9.17) is 5.73 Å². The predicted molar refractivity (Wildman–Crippen MR) is 82.0 cm³/mol. The Balaban J connectivity index is 0.000000771. The molecule has 0 amide bonds. The second kappa shape index (κ2) is 7.07. The third-order valence-corrected chi connectivity index (χ3v) is 3.14. The summed E-state index contributed by atoms with van der Waals surface area (Å²) in [6, 6.07) is 12.4. The van der Waals surface area contributed by atoms with Gasteiger partial charge < -0.3 is 5.73 Å². The summed E-state index contributed by atoms with van der Waals surface area (Å²) in [4.78, 5) is 5.43. The molecule has 0 bridgehead atoms. The Kier molecular flexibility index (Phi) is 5.72. The topological polar surface area (TPSA) is 38.9 Å². The molecule has 96 valence electrons. The van der Waals surface area contributed by atoms with Gasteiger partial charge in [-0.15, -0.1) is 11.8 Å². The molecule has 1 heterocycles. The summed E-state index contributed by atoms with van der Waals surface area (Å²) in [6.45, 7) is 5.95. The number of rotatable bonds is 2. The van der Waals surface area contributed by atoms with Crippen molar-refractivity contribution in [3.05, 3.63) is 42.1 Å². The van der Waals surface area contributed by atoms with Gasteiger partial charge in [0.1, 0.15) is 5.82 Å². The normalized spacial score (nSPS) is 9.56. The van der Waals surface area contributed by atoms with E-state index in [0.29, 0.717) is 5.82 Å². The van der Waals surface area contributed by atoms with Crippen molar-refractivity contribution in [1.82, 2.24) is 4.98 Å². The monoisotopic (exact) mass is 260 g/mol. The van der Waals surface area contributed by atoms with Gasteiger partial charge in [-0.1, -0.05) is 26.0 Å². The lowest BCUT2D eigenvalue weighted by molar-refractivity contribution is 1.21. The van der Waals surface area contributed by atoms with Crippen LogP contribution in [0, 0.1) is 6.92 Å². The van der Waals surface area contributed by atoms with Crippen LogP contribution in [-0.2, 0) is 0 Å². The molecule has 2 rings (SSSR count). The molecule has 1 aromatic carbocycles. The first kappa shape index (κ1) is 14.6. The molecule has 18 heavy (non-hydrogen) atoms. The molecule has 2 aromatic rings. The zero-order chi connectivity index (χ0) is 13.5. The predicted octanol–water partition coefficient (Wildman–Crippen LogP) is 4.39. The van der Waals surface area contributed by atoms with Crippen molar-refractivity contribution < 1.29 is 0 Å². The quantitative estimate of drug-likeness (QED) is 0.814. The maximum Gasteiger partial charge on any atom is 0.124 e. The van der Waals surface area contributed by atoms with E-state index in [0.717, 1.165) is 11.3 Å². The summed E-state index contributed by atoms with van der Waals surface area (Å²) in [5.41, 5.74) is 8.98. The standard InChI is InChI=1S/C13H14N2S.C2H6/c1-9-7-11(8-13(14)15-9)10-3-5-12(16-2)6-4-10;1-2/h3-8H,1-2H3,(H2,14,15);1-2H3. The van der Waals surface area contributed by atoms with Crippen LogP contribution >= 0.6 is 11.8 Å². The number of aromatic nitrogens is 1. The SMILES string of the molecule is CC.CSc1ccc(-c2cc(C)nc(N)c2)cc1. The first-order valence-corrected chi connectivity index (χ1v) is 7.30. The minimum atomic E-state index is 0.573. The lowest BCUT2D eigenvalue weighted by Gasteiger charge is -2.05. The maximum absolute atomic E-state index is 5.74. The van der Waals surface area contributed by atoms with Gasteiger partial charge in [0.15, 0.2) is 0 Å². The van der Waals surface area contributed by atoms with Crippen LogP contribution in [0.1, 0.15) is 19.5 Å². The van der Waals surface area contributed by atoms with Crippen LogP contribution in [0.5, 0.6) is 0 Å². The number of hydrogen-bond acceptors (Lipinski definition) is 3. The molecule has 0 unspecified atom stereocenters. The first-order chi connectivity index (χ1) is 8.69. The molecular weight excluding hydrogens is 240 g/mol. The summed E-state index contributed by atoms with van der Waals surface area (Å²) in [6.07, 6.45) is 2.07. The number of hydrogen-bond donors (Lipinski definition) is 1. The summed E-state index contributed by atoms with van der Waals surface area (Å²) >= 11 is 1.74. The number of aryl methyl sites for hydroxylation is 1. The molecule has 1 aromatic heterocycles. The van der Waals surface area contributed by atoms with Gasteiger partial charge in [0.25, 0.3) is 0 Å². The molecule has 0 aliphatic rings. The van der Waals surface area contributed by atoms with Crippen LogP contribution in [-0.4, -0.2) is 11.2 Å². The van der Waals surface area contributed by atoms with Gasteiger partial charge in [-0.25, -0.2) is 4.98 Å². The van der Waals surface area contributed by atoms with E-state index < -0.39 is 0 Å². The Morgan fingerprint density at radius 1 is 1.00 bits per heavy atom. The Morgan fingerprint density at radius 2 is 1.61 bits per heavy atom. The van der Waals surface area contributed by atoms with Crippen LogP contribution in [0.2, 0.25) is 0 Å². The zero-order valence-corrected chi connectivity index (χ0v) is 12.2. The van der Waals surface area contributed by atoms with Gasteiger partial charge in [-0.05, 0) is 48.6 Å². The van der Waals surface area contributed by atoms with Crippen LogP contribution in [0.4, 0.5) is 5.82 Å². The third-order valence-electron chi connectivity index (χ3n) is 2.40. The number of thioether (sulfide) groups is 1.